The Morgan fingerprint density at radius 3 is 1.64 bits per heavy atom. The second kappa shape index (κ2) is 19.9. The Balaban J connectivity index is 0. The summed E-state index contributed by atoms with van der Waals surface area (Å²) < 4.78 is 29.6. The number of rotatable bonds is 11. The molecule has 1 aromatic carbocycles. The maximum atomic E-state index is 10.5. The van der Waals surface area contributed by atoms with E-state index in [1.165, 1.54) is 18.2 Å². The third-order valence-electron chi connectivity index (χ3n) is 3.01. The van der Waals surface area contributed by atoms with E-state index in [4.69, 9.17) is 21.3 Å². The first-order valence-corrected chi connectivity index (χ1v) is 10.3. The summed E-state index contributed by atoms with van der Waals surface area (Å²) in [5.41, 5.74) is 11.6. The molecule has 8 N–H and O–H groups in total. The van der Waals surface area contributed by atoms with E-state index < -0.39 is 10.1 Å². The number of allylic oxidation sites excluding steroid dienone is 1. The summed E-state index contributed by atoms with van der Waals surface area (Å²) >= 11 is 0. The van der Waals surface area contributed by atoms with Crippen LogP contribution >= 0.6 is 0 Å². The van der Waals surface area contributed by atoms with Crippen molar-refractivity contribution in [3.63, 3.8) is 0 Å². The molecule has 0 aromatic heterocycles. The summed E-state index contributed by atoms with van der Waals surface area (Å²) in [7, 11) is -4.02. The fraction of sp³-hybridized carbons (Fsp3) is 0.500. The average Bonchev–Trinajstić information content (AvgIpc) is 2.67. The monoisotopic (exact) mass is 414 g/mol. The van der Waals surface area contributed by atoms with Crippen molar-refractivity contribution >= 4 is 10.1 Å². The molecular formula is C18H34N6O3S. The predicted octanol–water partition coefficient (Wildman–Crippen LogP) is -0.390. The summed E-state index contributed by atoms with van der Waals surface area (Å²) in [5, 5.41) is 17.2. The van der Waals surface area contributed by atoms with Crippen LogP contribution < -0.4 is 27.4 Å². The minimum atomic E-state index is -4.02. The molecule has 0 saturated carbocycles. The number of nitrogens with one attached hydrogen (secondary N) is 3. The highest BCUT2D eigenvalue weighted by molar-refractivity contribution is 7.85. The van der Waals surface area contributed by atoms with Gasteiger partial charge in [0.1, 0.15) is 0 Å². The molecular weight excluding hydrogens is 380 g/mol. The molecule has 1 aromatic rings. The Kier molecular flexibility index (Phi) is 20.2. The van der Waals surface area contributed by atoms with Crippen LogP contribution in [0.15, 0.2) is 41.8 Å². The Hall–Kier alpha value is -1.84. The van der Waals surface area contributed by atoms with E-state index in [0.29, 0.717) is 13.1 Å². The number of aryl methyl sites for hydroxylation is 1. The number of nitriles is 1. The number of hydrogen-bond acceptors (Lipinski definition) is 8. The topological polar surface area (TPSA) is 166 Å². The zero-order valence-electron chi connectivity index (χ0n) is 16.5. The van der Waals surface area contributed by atoms with Gasteiger partial charge >= 0.3 is 0 Å². The first-order valence-electron chi connectivity index (χ1n) is 8.90. The fourth-order valence-electron chi connectivity index (χ4n) is 1.64. The molecule has 0 saturated heterocycles. The highest BCUT2D eigenvalue weighted by atomic mass is 32.2. The molecule has 9 nitrogen and oxygen atoms in total. The Morgan fingerprint density at radius 2 is 1.36 bits per heavy atom. The Morgan fingerprint density at radius 1 is 1.00 bits per heavy atom. The molecule has 0 amide bonds. The normalized spacial score (nSPS) is 9.96. The number of nitrogens with zero attached hydrogens (tertiary/aromatic N) is 1. The molecule has 0 atom stereocenters. The van der Waals surface area contributed by atoms with Crippen LogP contribution in [0.4, 0.5) is 0 Å². The Bertz CT molecular complexity index is 620. The van der Waals surface area contributed by atoms with Crippen molar-refractivity contribution in [3.05, 3.63) is 42.5 Å². The summed E-state index contributed by atoms with van der Waals surface area (Å²) in [5.74, 6) is 0. The molecule has 0 fully saturated rings. The van der Waals surface area contributed by atoms with Gasteiger partial charge in [0.05, 0.1) is 11.0 Å². The minimum absolute atomic E-state index is 0.0666. The number of hydrogen-bond donors (Lipinski definition) is 6. The van der Waals surface area contributed by atoms with E-state index in [-0.39, 0.29) is 4.90 Å². The van der Waals surface area contributed by atoms with Crippen LogP contribution in [0.1, 0.15) is 5.56 Å². The van der Waals surface area contributed by atoms with Gasteiger partial charge in [0.2, 0.25) is 0 Å². The number of nitrogens with two attached hydrogens (primary N) is 2. The number of benzene rings is 1. The lowest BCUT2D eigenvalue weighted by atomic mass is 10.2. The molecule has 1 rings (SSSR count). The largest absolute Gasteiger partial charge is 0.329 e. The van der Waals surface area contributed by atoms with E-state index in [1.807, 2.05) is 6.92 Å². The third kappa shape index (κ3) is 20.5. The second-order valence-electron chi connectivity index (χ2n) is 5.45. The van der Waals surface area contributed by atoms with Crippen LogP contribution in [0.25, 0.3) is 0 Å². The summed E-state index contributed by atoms with van der Waals surface area (Å²) in [6, 6.07) is 7.68. The zero-order chi connectivity index (χ0) is 21.7. The molecule has 0 spiro atoms. The van der Waals surface area contributed by atoms with Crippen molar-refractivity contribution in [2.24, 2.45) is 11.5 Å². The molecule has 0 heterocycles. The van der Waals surface area contributed by atoms with E-state index in [0.717, 1.165) is 44.8 Å². The van der Waals surface area contributed by atoms with Crippen molar-refractivity contribution in [3.8, 4) is 6.07 Å². The molecule has 0 bridgehead atoms. The maximum Gasteiger partial charge on any atom is 0.294 e. The van der Waals surface area contributed by atoms with Crippen molar-refractivity contribution in [2.45, 2.75) is 11.8 Å². The molecule has 0 aliphatic carbocycles. The van der Waals surface area contributed by atoms with Crippen LogP contribution in [0.5, 0.6) is 0 Å². The van der Waals surface area contributed by atoms with Gasteiger partial charge in [-0.25, -0.2) is 0 Å². The lowest BCUT2D eigenvalue weighted by Gasteiger charge is -2.06. The minimum Gasteiger partial charge on any atom is -0.329 e. The van der Waals surface area contributed by atoms with Gasteiger partial charge in [-0.1, -0.05) is 24.3 Å². The zero-order valence-corrected chi connectivity index (χ0v) is 17.3. The first-order chi connectivity index (χ1) is 13.3. The predicted molar refractivity (Wildman–Crippen MR) is 114 cm³/mol. The average molecular weight is 415 g/mol. The first kappa shape index (κ1) is 28.4. The van der Waals surface area contributed by atoms with Crippen LogP contribution in [0.2, 0.25) is 0 Å². The van der Waals surface area contributed by atoms with Gasteiger partial charge in [0.25, 0.3) is 10.1 Å². The van der Waals surface area contributed by atoms with Gasteiger partial charge in [-0.3, -0.25) is 4.55 Å². The molecule has 28 heavy (non-hydrogen) atoms. The van der Waals surface area contributed by atoms with Crippen molar-refractivity contribution < 1.29 is 13.0 Å². The van der Waals surface area contributed by atoms with Gasteiger partial charge in [-0.05, 0) is 19.1 Å². The summed E-state index contributed by atoms with van der Waals surface area (Å²) in [6.07, 6.45) is 1.18. The Labute approximate surface area is 168 Å². The van der Waals surface area contributed by atoms with Crippen molar-refractivity contribution in [1.82, 2.24) is 16.0 Å². The molecule has 0 radical (unpaired) electrons. The van der Waals surface area contributed by atoms with E-state index in [9.17, 15) is 8.42 Å². The molecule has 0 unspecified atom stereocenters. The van der Waals surface area contributed by atoms with Crippen molar-refractivity contribution in [2.75, 3.05) is 52.4 Å². The van der Waals surface area contributed by atoms with Crippen LogP contribution in [0, 0.1) is 18.3 Å². The smallest absolute Gasteiger partial charge is 0.294 e. The lowest BCUT2D eigenvalue weighted by molar-refractivity contribution is 0.483. The highest BCUT2D eigenvalue weighted by Crippen LogP contribution is 2.08. The van der Waals surface area contributed by atoms with Gasteiger partial charge in [0.15, 0.2) is 0 Å². The third-order valence-corrected chi connectivity index (χ3v) is 3.88. The molecule has 0 aliphatic rings. The fourth-order valence-corrected chi connectivity index (χ4v) is 2.12. The van der Waals surface area contributed by atoms with Gasteiger partial charge in [-0.2, -0.15) is 13.7 Å². The van der Waals surface area contributed by atoms with Gasteiger partial charge in [-0.15, -0.1) is 0 Å². The van der Waals surface area contributed by atoms with Crippen LogP contribution in [0.3, 0.4) is 0 Å². The van der Waals surface area contributed by atoms with Gasteiger partial charge in [0, 0.05) is 58.4 Å². The lowest BCUT2D eigenvalue weighted by Crippen LogP contribution is -2.35. The van der Waals surface area contributed by atoms with Crippen LogP contribution in [-0.2, 0) is 10.1 Å². The van der Waals surface area contributed by atoms with E-state index in [1.54, 1.807) is 18.2 Å². The second-order valence-corrected chi connectivity index (χ2v) is 6.87. The molecule has 160 valence electrons. The van der Waals surface area contributed by atoms with Crippen LogP contribution in [-0.4, -0.2) is 65.3 Å². The molecule has 10 heteroatoms. The van der Waals surface area contributed by atoms with E-state index >= 15 is 0 Å². The highest BCUT2D eigenvalue weighted by Gasteiger charge is 2.06. The maximum absolute atomic E-state index is 10.5. The summed E-state index contributed by atoms with van der Waals surface area (Å²) in [6.45, 7) is 12.1. The molecule has 0 aliphatic heterocycles. The van der Waals surface area contributed by atoms with Gasteiger partial charge < -0.3 is 27.4 Å². The van der Waals surface area contributed by atoms with E-state index in [2.05, 4.69) is 22.5 Å². The summed E-state index contributed by atoms with van der Waals surface area (Å²) in [4.78, 5) is -0.0666. The standard InChI is InChI=1S/C8H23N5.C7H8O3S.C3H3N/c9-1-3-11-5-7-13-8-6-12-4-2-10;1-6-2-4-7(5-3-6)11(8,9)10;1-2-3-4/h11-13H,1-10H2;2-5H,1H3,(H,8,9,10);2H,1H2. The van der Waals surface area contributed by atoms with Crippen molar-refractivity contribution in [1.29, 1.82) is 5.26 Å². The quantitative estimate of drug-likeness (QED) is 0.160. The SMILES string of the molecule is C=CC#N.Cc1ccc(S(=O)(=O)O)cc1.NCCNCCNCCNCCN.